The molecule has 1 aliphatic carbocycles. The molecular weight excluding hydrogens is 208 g/mol. The van der Waals surface area contributed by atoms with Gasteiger partial charge in [-0.3, -0.25) is 0 Å². The molecule has 90 valence electrons. The molecule has 2 aromatic rings. The standard InChI is InChI=1S/C15H20N2/c1-14(2,15(16)7-8-15)9-11-10-17-13-6-4-3-5-12(11)13/h3-6,10,17H,7-9,16H2,1-2H3. The molecule has 2 heteroatoms. The van der Waals surface area contributed by atoms with Gasteiger partial charge >= 0.3 is 0 Å². The number of aromatic nitrogens is 1. The molecule has 1 heterocycles. The maximum Gasteiger partial charge on any atom is 0.0456 e. The first-order valence-electron chi connectivity index (χ1n) is 6.36. The van der Waals surface area contributed by atoms with E-state index in [9.17, 15) is 0 Å². The van der Waals surface area contributed by atoms with Crippen molar-refractivity contribution < 1.29 is 0 Å². The van der Waals surface area contributed by atoms with E-state index in [4.69, 9.17) is 5.73 Å². The van der Waals surface area contributed by atoms with Gasteiger partial charge in [0, 0.05) is 22.6 Å². The molecule has 0 amide bonds. The average Bonchev–Trinajstić information content (AvgIpc) is 2.93. The van der Waals surface area contributed by atoms with Crippen LogP contribution in [0.1, 0.15) is 32.3 Å². The van der Waals surface area contributed by atoms with Crippen LogP contribution in [0, 0.1) is 5.41 Å². The summed E-state index contributed by atoms with van der Waals surface area (Å²) in [5, 5.41) is 1.34. The summed E-state index contributed by atoms with van der Waals surface area (Å²) in [6.45, 7) is 4.59. The Hall–Kier alpha value is -1.28. The van der Waals surface area contributed by atoms with Crippen LogP contribution in [-0.4, -0.2) is 10.5 Å². The SMILES string of the molecule is CC(C)(Cc1c[nH]c2ccccc12)C1(N)CC1. The molecule has 1 fully saturated rings. The molecular formula is C15H20N2. The number of fused-ring (bicyclic) bond motifs is 1. The van der Waals surface area contributed by atoms with Gasteiger partial charge in [-0.15, -0.1) is 0 Å². The molecule has 0 atom stereocenters. The summed E-state index contributed by atoms with van der Waals surface area (Å²) >= 11 is 0. The first-order chi connectivity index (χ1) is 8.02. The number of H-pyrrole nitrogens is 1. The molecule has 1 saturated carbocycles. The number of nitrogens with two attached hydrogens (primary N) is 1. The highest BCUT2D eigenvalue weighted by atomic mass is 14.9. The molecule has 0 bridgehead atoms. The number of nitrogens with one attached hydrogen (secondary N) is 1. The molecule has 0 unspecified atom stereocenters. The first-order valence-corrected chi connectivity index (χ1v) is 6.36. The second-order valence-electron chi connectivity index (χ2n) is 6.08. The lowest BCUT2D eigenvalue weighted by Crippen LogP contribution is -2.41. The quantitative estimate of drug-likeness (QED) is 0.832. The minimum atomic E-state index is 0.0609. The van der Waals surface area contributed by atoms with Gasteiger partial charge in [-0.1, -0.05) is 32.0 Å². The van der Waals surface area contributed by atoms with Crippen molar-refractivity contribution in [1.29, 1.82) is 0 Å². The van der Waals surface area contributed by atoms with Gasteiger partial charge in [-0.2, -0.15) is 0 Å². The van der Waals surface area contributed by atoms with Crippen LogP contribution in [-0.2, 0) is 6.42 Å². The summed E-state index contributed by atoms with van der Waals surface area (Å²) in [4.78, 5) is 3.34. The Labute approximate surface area is 102 Å². The average molecular weight is 228 g/mol. The molecule has 0 radical (unpaired) electrons. The third-order valence-corrected chi connectivity index (χ3v) is 4.44. The zero-order chi connectivity index (χ0) is 12.1. The Kier molecular flexibility index (Phi) is 2.14. The van der Waals surface area contributed by atoms with Gasteiger partial charge in [-0.25, -0.2) is 0 Å². The van der Waals surface area contributed by atoms with Gasteiger partial charge in [0.1, 0.15) is 0 Å². The normalized spacial score (nSPS) is 18.5. The fraction of sp³-hybridized carbons (Fsp3) is 0.467. The zero-order valence-corrected chi connectivity index (χ0v) is 10.6. The van der Waals surface area contributed by atoms with Crippen molar-refractivity contribution in [1.82, 2.24) is 4.98 Å². The molecule has 17 heavy (non-hydrogen) atoms. The highest BCUT2D eigenvalue weighted by Crippen LogP contribution is 2.49. The van der Waals surface area contributed by atoms with Crippen molar-refractivity contribution in [2.45, 2.75) is 38.6 Å². The Morgan fingerprint density at radius 3 is 2.71 bits per heavy atom. The van der Waals surface area contributed by atoms with Crippen molar-refractivity contribution in [2.75, 3.05) is 0 Å². The maximum atomic E-state index is 6.37. The Bertz CT molecular complexity index is 547. The Morgan fingerprint density at radius 2 is 2.00 bits per heavy atom. The predicted octanol–water partition coefficient (Wildman–Crippen LogP) is 3.23. The van der Waals surface area contributed by atoms with Crippen LogP contribution >= 0.6 is 0 Å². The molecule has 1 aromatic carbocycles. The summed E-state index contributed by atoms with van der Waals surface area (Å²) in [6.07, 6.45) is 5.52. The summed E-state index contributed by atoms with van der Waals surface area (Å²) in [5.41, 5.74) is 9.23. The molecule has 0 spiro atoms. The minimum Gasteiger partial charge on any atom is -0.361 e. The zero-order valence-electron chi connectivity index (χ0n) is 10.6. The third kappa shape index (κ3) is 1.67. The summed E-state index contributed by atoms with van der Waals surface area (Å²) in [6, 6.07) is 8.48. The van der Waals surface area contributed by atoms with Gasteiger partial charge in [0.2, 0.25) is 0 Å². The summed E-state index contributed by atoms with van der Waals surface area (Å²) in [5.74, 6) is 0. The number of hydrogen-bond donors (Lipinski definition) is 2. The molecule has 1 aliphatic rings. The van der Waals surface area contributed by atoms with Crippen LogP contribution in [0.3, 0.4) is 0 Å². The Morgan fingerprint density at radius 1 is 1.29 bits per heavy atom. The van der Waals surface area contributed by atoms with E-state index in [1.807, 2.05) is 0 Å². The first kappa shape index (κ1) is 10.8. The number of hydrogen-bond acceptors (Lipinski definition) is 1. The van der Waals surface area contributed by atoms with E-state index in [2.05, 4.69) is 49.3 Å². The second kappa shape index (κ2) is 3.36. The topological polar surface area (TPSA) is 41.8 Å². The van der Waals surface area contributed by atoms with Crippen LogP contribution in [0.4, 0.5) is 0 Å². The molecule has 3 N–H and O–H groups in total. The van der Waals surface area contributed by atoms with E-state index in [1.165, 1.54) is 29.3 Å². The van der Waals surface area contributed by atoms with E-state index in [1.54, 1.807) is 0 Å². The van der Waals surface area contributed by atoms with Crippen LogP contribution in [0.5, 0.6) is 0 Å². The number of benzene rings is 1. The molecule has 2 nitrogen and oxygen atoms in total. The minimum absolute atomic E-state index is 0.0609. The number of rotatable bonds is 3. The smallest absolute Gasteiger partial charge is 0.0456 e. The van der Waals surface area contributed by atoms with E-state index in [0.717, 1.165) is 6.42 Å². The fourth-order valence-electron chi connectivity index (χ4n) is 2.74. The van der Waals surface area contributed by atoms with Crippen molar-refractivity contribution in [3.05, 3.63) is 36.0 Å². The fourth-order valence-corrected chi connectivity index (χ4v) is 2.74. The van der Waals surface area contributed by atoms with Crippen molar-refractivity contribution in [3.63, 3.8) is 0 Å². The Balaban J connectivity index is 1.95. The predicted molar refractivity (Wildman–Crippen MR) is 71.9 cm³/mol. The molecule has 1 aromatic heterocycles. The van der Waals surface area contributed by atoms with Crippen LogP contribution in [0.15, 0.2) is 30.5 Å². The van der Waals surface area contributed by atoms with Crippen molar-refractivity contribution in [2.24, 2.45) is 11.1 Å². The summed E-state index contributed by atoms with van der Waals surface area (Å²) in [7, 11) is 0. The number of aromatic amines is 1. The van der Waals surface area contributed by atoms with E-state index >= 15 is 0 Å². The largest absolute Gasteiger partial charge is 0.361 e. The van der Waals surface area contributed by atoms with E-state index in [0.29, 0.717) is 0 Å². The lowest BCUT2D eigenvalue weighted by atomic mass is 9.77. The van der Waals surface area contributed by atoms with Crippen LogP contribution in [0.2, 0.25) is 0 Å². The van der Waals surface area contributed by atoms with Gasteiger partial charge in [0.15, 0.2) is 0 Å². The third-order valence-electron chi connectivity index (χ3n) is 4.44. The van der Waals surface area contributed by atoms with Gasteiger partial charge in [0.25, 0.3) is 0 Å². The lowest BCUT2D eigenvalue weighted by molar-refractivity contribution is 0.265. The van der Waals surface area contributed by atoms with Crippen LogP contribution < -0.4 is 5.73 Å². The lowest BCUT2D eigenvalue weighted by Gasteiger charge is -2.31. The van der Waals surface area contributed by atoms with E-state index < -0.39 is 0 Å². The molecule has 3 rings (SSSR count). The van der Waals surface area contributed by atoms with Crippen LogP contribution in [0.25, 0.3) is 10.9 Å². The van der Waals surface area contributed by atoms with Crippen molar-refractivity contribution in [3.8, 4) is 0 Å². The molecule has 0 aliphatic heterocycles. The highest BCUT2D eigenvalue weighted by Gasteiger charge is 2.50. The second-order valence-corrected chi connectivity index (χ2v) is 6.08. The summed E-state index contributed by atoms with van der Waals surface area (Å²) < 4.78 is 0. The highest BCUT2D eigenvalue weighted by molar-refractivity contribution is 5.83. The maximum absolute atomic E-state index is 6.37. The van der Waals surface area contributed by atoms with Crippen molar-refractivity contribution >= 4 is 10.9 Å². The monoisotopic (exact) mass is 228 g/mol. The number of para-hydroxylation sites is 1. The van der Waals surface area contributed by atoms with Gasteiger partial charge in [-0.05, 0) is 36.3 Å². The van der Waals surface area contributed by atoms with Gasteiger partial charge in [0.05, 0.1) is 0 Å². The van der Waals surface area contributed by atoms with E-state index in [-0.39, 0.29) is 11.0 Å². The molecule has 0 saturated heterocycles. The van der Waals surface area contributed by atoms with Gasteiger partial charge < -0.3 is 10.7 Å².